The fourth-order valence-electron chi connectivity index (χ4n) is 3.94. The molecule has 1 aromatic carbocycles. The lowest BCUT2D eigenvalue weighted by molar-refractivity contribution is 0.0958. The first kappa shape index (κ1) is 19.2. The summed E-state index contributed by atoms with van der Waals surface area (Å²) in [7, 11) is 0. The van der Waals surface area contributed by atoms with Gasteiger partial charge in [0.05, 0.1) is 29.8 Å². The zero-order valence-corrected chi connectivity index (χ0v) is 17.3. The topological polar surface area (TPSA) is 103 Å². The maximum Gasteiger partial charge on any atom is 0.230 e. The van der Waals surface area contributed by atoms with Crippen molar-refractivity contribution < 1.29 is 13.9 Å². The molecular weight excluding hydrogens is 394 g/mol. The van der Waals surface area contributed by atoms with Crippen molar-refractivity contribution in [2.24, 2.45) is 0 Å². The molecule has 0 aliphatic heterocycles. The molecule has 0 unspecified atom stereocenters. The van der Waals surface area contributed by atoms with Crippen molar-refractivity contribution in [2.45, 2.75) is 32.6 Å². The van der Waals surface area contributed by atoms with Crippen molar-refractivity contribution in [1.29, 1.82) is 0 Å². The third kappa shape index (κ3) is 3.61. The van der Waals surface area contributed by atoms with Crippen LogP contribution in [0.15, 0.2) is 47.2 Å². The number of carbonyl (C=O) groups is 1. The summed E-state index contributed by atoms with van der Waals surface area (Å²) in [5.41, 5.74) is 2.80. The Morgan fingerprint density at radius 1 is 1.13 bits per heavy atom. The van der Waals surface area contributed by atoms with Gasteiger partial charge in [-0.3, -0.25) is 10.1 Å². The summed E-state index contributed by atoms with van der Waals surface area (Å²) in [5.74, 6) is 2.22. The van der Waals surface area contributed by atoms with Gasteiger partial charge in [0.25, 0.3) is 0 Å². The van der Waals surface area contributed by atoms with Gasteiger partial charge in [-0.25, -0.2) is 19.9 Å². The average Bonchev–Trinajstić information content (AvgIpc) is 3.29. The van der Waals surface area contributed by atoms with E-state index in [0.29, 0.717) is 48.4 Å². The molecule has 0 saturated heterocycles. The van der Waals surface area contributed by atoms with E-state index in [-0.39, 0.29) is 11.7 Å². The summed E-state index contributed by atoms with van der Waals surface area (Å²) < 4.78 is 11.2. The number of ether oxygens (including phenoxy) is 1. The predicted octanol–water partition coefficient (Wildman–Crippen LogP) is 4.38. The molecule has 0 amide bonds. The van der Waals surface area contributed by atoms with Crippen LogP contribution in [0, 0.1) is 6.92 Å². The SMILES string of the molecule is CCOc1cccc2c(C)nc(Nc3ncc4c(n3)C[C@H](c3ccco3)CC4=O)nc12. The maximum absolute atomic E-state index is 12.6. The number of rotatable bonds is 5. The van der Waals surface area contributed by atoms with Crippen molar-refractivity contribution in [3.05, 3.63) is 65.5 Å². The normalized spacial score (nSPS) is 15.7. The Labute approximate surface area is 178 Å². The molecule has 4 aromatic rings. The quantitative estimate of drug-likeness (QED) is 0.512. The molecule has 0 radical (unpaired) electrons. The largest absolute Gasteiger partial charge is 0.492 e. The first-order valence-electron chi connectivity index (χ1n) is 10.2. The maximum atomic E-state index is 12.6. The molecule has 1 aliphatic carbocycles. The standard InChI is InChI=1S/C23H21N5O3/c1-3-30-20-7-4-6-15-13(2)25-23(27-21(15)20)28-22-24-12-16-17(26-22)10-14(11-18(16)29)19-8-5-9-31-19/h4-9,12,14H,3,10-11H2,1-2H3,(H,24,25,26,27,28)/t14-/m0/s1. The Kier molecular flexibility index (Phi) is 4.82. The highest BCUT2D eigenvalue weighted by Gasteiger charge is 2.29. The Bertz CT molecular complexity index is 1270. The molecule has 8 nitrogen and oxygen atoms in total. The van der Waals surface area contributed by atoms with Crippen molar-refractivity contribution in [3.8, 4) is 5.75 Å². The van der Waals surface area contributed by atoms with Gasteiger partial charge in [0.2, 0.25) is 11.9 Å². The number of nitrogens with zero attached hydrogens (tertiary/aromatic N) is 4. The van der Waals surface area contributed by atoms with Gasteiger partial charge in [-0.1, -0.05) is 12.1 Å². The molecule has 5 rings (SSSR count). The van der Waals surface area contributed by atoms with Crippen molar-refractivity contribution in [3.63, 3.8) is 0 Å². The van der Waals surface area contributed by atoms with Crippen LogP contribution in [0.4, 0.5) is 11.9 Å². The number of carbonyl (C=O) groups excluding carboxylic acids is 1. The average molecular weight is 415 g/mol. The van der Waals surface area contributed by atoms with Crippen LogP contribution in [0.25, 0.3) is 10.9 Å². The highest BCUT2D eigenvalue weighted by atomic mass is 16.5. The minimum Gasteiger partial charge on any atom is -0.492 e. The van der Waals surface area contributed by atoms with Crippen LogP contribution >= 0.6 is 0 Å². The van der Waals surface area contributed by atoms with Crippen LogP contribution in [0.2, 0.25) is 0 Å². The highest BCUT2D eigenvalue weighted by molar-refractivity contribution is 5.98. The van der Waals surface area contributed by atoms with E-state index < -0.39 is 0 Å². The lowest BCUT2D eigenvalue weighted by Crippen LogP contribution is -2.21. The van der Waals surface area contributed by atoms with Crippen molar-refractivity contribution in [2.75, 3.05) is 11.9 Å². The number of hydrogen-bond donors (Lipinski definition) is 1. The van der Waals surface area contributed by atoms with Crippen LogP contribution in [0.1, 0.15) is 46.8 Å². The number of anilines is 2. The molecule has 3 aromatic heterocycles. The molecule has 1 N–H and O–H groups in total. The number of furan rings is 1. The van der Waals surface area contributed by atoms with Gasteiger partial charge in [0.1, 0.15) is 17.0 Å². The fraction of sp³-hybridized carbons (Fsp3) is 0.261. The number of aryl methyl sites for hydroxylation is 1. The second-order valence-corrected chi connectivity index (χ2v) is 7.44. The third-order valence-electron chi connectivity index (χ3n) is 5.39. The van der Waals surface area contributed by atoms with Gasteiger partial charge in [-0.15, -0.1) is 0 Å². The molecule has 0 fully saturated rings. The molecule has 8 heteroatoms. The van der Waals surface area contributed by atoms with Crippen LogP contribution in [0.5, 0.6) is 5.75 Å². The van der Waals surface area contributed by atoms with Gasteiger partial charge < -0.3 is 9.15 Å². The third-order valence-corrected chi connectivity index (χ3v) is 5.39. The number of nitrogens with one attached hydrogen (secondary N) is 1. The number of fused-ring (bicyclic) bond motifs is 2. The van der Waals surface area contributed by atoms with Crippen LogP contribution in [-0.4, -0.2) is 32.3 Å². The molecule has 0 bridgehead atoms. The summed E-state index contributed by atoms with van der Waals surface area (Å²) in [4.78, 5) is 30.6. The summed E-state index contributed by atoms with van der Waals surface area (Å²) in [6, 6.07) is 9.50. The number of Topliss-reactive ketones (excluding diaryl/α,β-unsaturated/α-hetero) is 1. The molecule has 156 valence electrons. The van der Waals surface area contributed by atoms with E-state index in [0.717, 1.165) is 22.4 Å². The molecule has 0 spiro atoms. The zero-order chi connectivity index (χ0) is 21.4. The van der Waals surface area contributed by atoms with Crippen LogP contribution in [-0.2, 0) is 6.42 Å². The van der Waals surface area contributed by atoms with Crippen molar-refractivity contribution >= 4 is 28.6 Å². The Hall–Kier alpha value is -3.81. The minimum atomic E-state index is -0.0225. The van der Waals surface area contributed by atoms with Gasteiger partial charge in [-0.2, -0.15) is 0 Å². The molecular formula is C23H21N5O3. The van der Waals surface area contributed by atoms with Crippen LogP contribution < -0.4 is 10.1 Å². The Morgan fingerprint density at radius 3 is 2.84 bits per heavy atom. The van der Waals surface area contributed by atoms with E-state index in [1.54, 1.807) is 12.5 Å². The van der Waals surface area contributed by atoms with Gasteiger partial charge >= 0.3 is 0 Å². The summed E-state index contributed by atoms with van der Waals surface area (Å²) in [6.07, 6.45) is 4.20. The number of para-hydroxylation sites is 1. The van der Waals surface area contributed by atoms with E-state index in [4.69, 9.17) is 9.15 Å². The lowest BCUT2D eigenvalue weighted by Gasteiger charge is -2.21. The van der Waals surface area contributed by atoms with E-state index in [9.17, 15) is 4.79 Å². The highest BCUT2D eigenvalue weighted by Crippen LogP contribution is 2.32. The molecule has 31 heavy (non-hydrogen) atoms. The first-order chi connectivity index (χ1) is 15.1. The van der Waals surface area contributed by atoms with E-state index in [1.807, 2.05) is 44.2 Å². The Morgan fingerprint density at radius 2 is 2.03 bits per heavy atom. The Balaban J connectivity index is 1.47. The number of aromatic nitrogens is 4. The number of benzene rings is 1. The second kappa shape index (κ2) is 7.79. The predicted molar refractivity (Wildman–Crippen MR) is 115 cm³/mol. The minimum absolute atomic E-state index is 0.0216. The first-order valence-corrected chi connectivity index (χ1v) is 10.2. The zero-order valence-electron chi connectivity index (χ0n) is 17.3. The molecule has 0 saturated carbocycles. The smallest absolute Gasteiger partial charge is 0.230 e. The number of ketones is 1. The second-order valence-electron chi connectivity index (χ2n) is 7.44. The monoisotopic (exact) mass is 415 g/mol. The van der Waals surface area contributed by atoms with Gasteiger partial charge in [0, 0.05) is 30.3 Å². The van der Waals surface area contributed by atoms with Gasteiger partial charge in [0.15, 0.2) is 5.78 Å². The molecule has 1 aliphatic rings. The molecule has 3 heterocycles. The van der Waals surface area contributed by atoms with Crippen molar-refractivity contribution in [1.82, 2.24) is 19.9 Å². The van der Waals surface area contributed by atoms with E-state index >= 15 is 0 Å². The van der Waals surface area contributed by atoms with E-state index in [2.05, 4.69) is 25.3 Å². The summed E-state index contributed by atoms with van der Waals surface area (Å²) >= 11 is 0. The van der Waals surface area contributed by atoms with Gasteiger partial charge in [-0.05, 0) is 32.0 Å². The molecule has 1 atom stereocenters. The number of hydrogen-bond acceptors (Lipinski definition) is 8. The summed E-state index contributed by atoms with van der Waals surface area (Å²) in [6.45, 7) is 4.40. The lowest BCUT2D eigenvalue weighted by atomic mass is 9.85. The summed E-state index contributed by atoms with van der Waals surface area (Å²) in [5, 5.41) is 4.01. The fourth-order valence-corrected chi connectivity index (χ4v) is 3.94. The van der Waals surface area contributed by atoms with E-state index in [1.165, 1.54) is 0 Å². The van der Waals surface area contributed by atoms with Crippen LogP contribution in [0.3, 0.4) is 0 Å².